The minimum atomic E-state index is -0.413. The minimum Gasteiger partial charge on any atom is -0.489 e. The van der Waals surface area contributed by atoms with Crippen LogP contribution in [-0.2, 0) is 11.4 Å². The molecule has 0 unspecified atom stereocenters. The van der Waals surface area contributed by atoms with Gasteiger partial charge in [0.25, 0.3) is 5.91 Å². The monoisotopic (exact) mass is 469 g/mol. The number of halogens is 2. The Hall–Kier alpha value is -2.67. The van der Waals surface area contributed by atoms with Gasteiger partial charge in [-0.05, 0) is 55.0 Å². The van der Waals surface area contributed by atoms with E-state index in [-0.39, 0.29) is 12.5 Å². The maximum Gasteiger partial charge on any atom is 0.270 e. The molecular formula is C24H17ClFNO2S2. The van der Waals surface area contributed by atoms with Gasteiger partial charge in [0.1, 0.15) is 18.2 Å². The van der Waals surface area contributed by atoms with E-state index in [2.05, 4.69) is 0 Å². The van der Waals surface area contributed by atoms with Crippen LogP contribution in [0.15, 0.2) is 71.6 Å². The molecule has 0 radical (unpaired) electrons. The topological polar surface area (TPSA) is 29.5 Å². The Morgan fingerprint density at radius 1 is 1.13 bits per heavy atom. The zero-order valence-corrected chi connectivity index (χ0v) is 18.9. The van der Waals surface area contributed by atoms with Gasteiger partial charge >= 0.3 is 0 Å². The fourth-order valence-corrected chi connectivity index (χ4v) is 4.57. The van der Waals surface area contributed by atoms with Crippen LogP contribution in [0.4, 0.5) is 10.1 Å². The van der Waals surface area contributed by atoms with Gasteiger partial charge in [-0.3, -0.25) is 9.69 Å². The number of hydrogen-bond donors (Lipinski definition) is 0. The van der Waals surface area contributed by atoms with Gasteiger partial charge < -0.3 is 4.74 Å². The van der Waals surface area contributed by atoms with Gasteiger partial charge in [0.2, 0.25) is 0 Å². The van der Waals surface area contributed by atoms with Crippen LogP contribution in [0, 0.1) is 12.7 Å². The molecule has 0 spiro atoms. The van der Waals surface area contributed by atoms with Gasteiger partial charge in [-0.1, -0.05) is 71.5 Å². The molecule has 31 heavy (non-hydrogen) atoms. The van der Waals surface area contributed by atoms with Crippen molar-refractivity contribution in [1.29, 1.82) is 0 Å². The molecule has 1 saturated heterocycles. The second-order valence-electron chi connectivity index (χ2n) is 6.91. The third kappa shape index (κ3) is 4.82. The van der Waals surface area contributed by atoms with E-state index in [0.29, 0.717) is 25.6 Å². The number of rotatable bonds is 5. The fraction of sp³-hybridized carbons (Fsp3) is 0.0833. The highest BCUT2D eigenvalue weighted by atomic mass is 35.5. The molecule has 3 nitrogen and oxygen atoms in total. The minimum absolute atomic E-state index is 0.00446. The molecule has 0 atom stereocenters. The van der Waals surface area contributed by atoms with Crippen molar-refractivity contribution in [2.24, 2.45) is 0 Å². The molecule has 4 rings (SSSR count). The molecule has 3 aromatic rings. The third-order valence-corrected chi connectivity index (χ3v) is 6.34. The predicted octanol–water partition coefficient (Wildman–Crippen LogP) is 6.77. The molecule has 156 valence electrons. The van der Waals surface area contributed by atoms with Crippen LogP contribution in [0.5, 0.6) is 5.75 Å². The highest BCUT2D eigenvalue weighted by Gasteiger charge is 2.33. The van der Waals surface area contributed by atoms with E-state index < -0.39 is 5.82 Å². The number of nitrogens with zero attached hydrogens (tertiary/aromatic N) is 1. The number of amides is 1. The summed E-state index contributed by atoms with van der Waals surface area (Å²) in [4.78, 5) is 15.0. The van der Waals surface area contributed by atoms with Crippen molar-refractivity contribution in [3.05, 3.63) is 99.2 Å². The summed E-state index contributed by atoms with van der Waals surface area (Å²) in [6.07, 6.45) is 1.77. The molecule has 0 N–H and O–H groups in total. The highest BCUT2D eigenvalue weighted by molar-refractivity contribution is 8.27. The standard InChI is InChI=1S/C24H17ClFNO2S2/c1-15-8-10-17(11-9-15)27-23(28)22(31-24(27)30)13-16-4-2-5-18(12-16)29-14-19-20(25)6-3-7-21(19)26/h2-13H,14H2,1H3/b22-13-. The second kappa shape index (κ2) is 9.22. The summed E-state index contributed by atoms with van der Waals surface area (Å²) >= 11 is 12.7. The molecule has 1 fully saturated rings. The van der Waals surface area contributed by atoms with Crippen LogP contribution in [0.25, 0.3) is 6.08 Å². The Bertz CT molecular complexity index is 1170. The summed E-state index contributed by atoms with van der Waals surface area (Å²) in [6.45, 7) is 1.99. The molecule has 0 aromatic heterocycles. The lowest BCUT2D eigenvalue weighted by Crippen LogP contribution is -2.27. The Balaban J connectivity index is 1.52. The number of thiocarbonyl (C=S) groups is 1. The van der Waals surface area contributed by atoms with Crippen LogP contribution >= 0.6 is 35.6 Å². The lowest BCUT2D eigenvalue weighted by Gasteiger charge is -2.14. The van der Waals surface area contributed by atoms with Crippen molar-refractivity contribution in [3.63, 3.8) is 0 Å². The largest absolute Gasteiger partial charge is 0.489 e. The fourth-order valence-electron chi connectivity index (χ4n) is 3.06. The predicted molar refractivity (Wildman–Crippen MR) is 129 cm³/mol. The van der Waals surface area contributed by atoms with E-state index in [0.717, 1.165) is 16.8 Å². The Labute approximate surface area is 194 Å². The highest BCUT2D eigenvalue weighted by Crippen LogP contribution is 2.36. The number of anilines is 1. The van der Waals surface area contributed by atoms with Gasteiger partial charge in [-0.15, -0.1) is 0 Å². The smallest absolute Gasteiger partial charge is 0.270 e. The van der Waals surface area contributed by atoms with Crippen molar-refractivity contribution < 1.29 is 13.9 Å². The zero-order valence-electron chi connectivity index (χ0n) is 16.5. The van der Waals surface area contributed by atoms with Crippen molar-refractivity contribution >= 4 is 57.6 Å². The second-order valence-corrected chi connectivity index (χ2v) is 9.00. The van der Waals surface area contributed by atoms with Gasteiger partial charge in [0.15, 0.2) is 4.32 Å². The molecule has 1 aliphatic rings. The average molecular weight is 470 g/mol. The first-order valence-electron chi connectivity index (χ1n) is 9.43. The zero-order chi connectivity index (χ0) is 22.0. The molecule has 0 saturated carbocycles. The Kier molecular flexibility index (Phi) is 6.41. The number of ether oxygens (including phenoxy) is 1. The summed E-state index contributed by atoms with van der Waals surface area (Å²) in [7, 11) is 0. The van der Waals surface area contributed by atoms with Crippen LogP contribution in [0.1, 0.15) is 16.7 Å². The van der Waals surface area contributed by atoms with Gasteiger partial charge in [0.05, 0.1) is 15.6 Å². The molecule has 0 bridgehead atoms. The van der Waals surface area contributed by atoms with Crippen molar-refractivity contribution in [1.82, 2.24) is 0 Å². The summed E-state index contributed by atoms with van der Waals surface area (Å²) in [6, 6.07) is 19.4. The normalized spacial score (nSPS) is 15.1. The lowest BCUT2D eigenvalue weighted by atomic mass is 10.2. The van der Waals surface area contributed by atoms with E-state index >= 15 is 0 Å². The molecular weight excluding hydrogens is 453 g/mol. The summed E-state index contributed by atoms with van der Waals surface area (Å²) in [5, 5.41) is 0.316. The van der Waals surface area contributed by atoms with E-state index in [1.165, 1.54) is 22.7 Å². The molecule has 3 aromatic carbocycles. The first-order valence-corrected chi connectivity index (χ1v) is 11.0. The van der Waals surface area contributed by atoms with E-state index in [1.807, 2.05) is 43.3 Å². The molecule has 7 heteroatoms. The number of benzene rings is 3. The molecule has 1 amide bonds. The lowest BCUT2D eigenvalue weighted by molar-refractivity contribution is -0.113. The SMILES string of the molecule is Cc1ccc(N2C(=O)/C(=C/c3cccc(OCc4c(F)cccc4Cl)c3)SC2=S)cc1. The van der Waals surface area contributed by atoms with E-state index in [1.54, 1.807) is 30.3 Å². The molecule has 1 aliphatic heterocycles. The average Bonchev–Trinajstić information content (AvgIpc) is 3.02. The maximum absolute atomic E-state index is 14.0. The number of carbonyl (C=O) groups excluding carboxylic acids is 1. The van der Waals surface area contributed by atoms with Gasteiger partial charge in [-0.2, -0.15) is 0 Å². The maximum atomic E-state index is 14.0. The van der Waals surface area contributed by atoms with Crippen molar-refractivity contribution in [2.45, 2.75) is 13.5 Å². The van der Waals surface area contributed by atoms with Crippen molar-refractivity contribution in [3.8, 4) is 5.75 Å². The van der Waals surface area contributed by atoms with Crippen LogP contribution < -0.4 is 9.64 Å². The van der Waals surface area contributed by atoms with Gasteiger partial charge in [-0.25, -0.2) is 4.39 Å². The third-order valence-electron chi connectivity index (χ3n) is 4.69. The molecule has 0 aliphatic carbocycles. The summed E-state index contributed by atoms with van der Waals surface area (Å²) in [5.41, 5.74) is 2.93. The first kappa shape index (κ1) is 21.6. The van der Waals surface area contributed by atoms with Crippen LogP contribution in [0.3, 0.4) is 0 Å². The first-order chi connectivity index (χ1) is 14.9. The van der Waals surface area contributed by atoms with Crippen molar-refractivity contribution in [2.75, 3.05) is 4.90 Å². The number of aryl methyl sites for hydroxylation is 1. The van der Waals surface area contributed by atoms with E-state index in [4.69, 9.17) is 28.6 Å². The quantitative estimate of drug-likeness (QED) is 0.304. The molecule has 1 heterocycles. The number of carbonyl (C=O) groups is 1. The van der Waals surface area contributed by atoms with E-state index in [9.17, 15) is 9.18 Å². The summed E-state index contributed by atoms with van der Waals surface area (Å²) in [5.74, 6) is -0.0335. The van der Waals surface area contributed by atoms with Crippen LogP contribution in [-0.4, -0.2) is 10.2 Å². The Morgan fingerprint density at radius 2 is 1.87 bits per heavy atom. The summed E-state index contributed by atoms with van der Waals surface area (Å²) < 4.78 is 20.2. The number of hydrogen-bond acceptors (Lipinski definition) is 4. The number of thioether (sulfide) groups is 1. The van der Waals surface area contributed by atoms with Gasteiger partial charge in [0, 0.05) is 5.56 Å². The van der Waals surface area contributed by atoms with Crippen LogP contribution in [0.2, 0.25) is 5.02 Å². The Morgan fingerprint density at radius 3 is 2.61 bits per heavy atom.